The molecule has 1 atom stereocenters. The highest BCUT2D eigenvalue weighted by atomic mass is 32.1. The minimum absolute atomic E-state index is 0.0305. The van der Waals surface area contributed by atoms with E-state index in [4.69, 9.17) is 10.4 Å². The van der Waals surface area contributed by atoms with Crippen molar-refractivity contribution in [3.8, 4) is 0 Å². The van der Waals surface area contributed by atoms with Gasteiger partial charge in [-0.25, -0.2) is 4.98 Å². The van der Waals surface area contributed by atoms with Gasteiger partial charge in [0.1, 0.15) is 18.0 Å². The number of aromatic nitrogens is 1. The molecule has 1 N–H and O–H groups in total. The van der Waals surface area contributed by atoms with Gasteiger partial charge in [0.05, 0.1) is 15.9 Å². The number of fused-ring (bicyclic) bond motifs is 1. The number of piperidine rings is 1. The molecular weight excluding hydrogens is 563 g/mol. The molecule has 1 aliphatic carbocycles. The molecular formula is C31H36F3N5O2S. The topological polar surface area (TPSA) is 89.7 Å². The van der Waals surface area contributed by atoms with Crippen LogP contribution in [-0.4, -0.2) is 70.9 Å². The number of nitrogens with one attached hydrogen (secondary N) is 1. The van der Waals surface area contributed by atoms with Crippen LogP contribution < -0.4 is 0 Å². The van der Waals surface area contributed by atoms with Crippen LogP contribution in [0.4, 0.5) is 13.2 Å². The quantitative estimate of drug-likeness (QED) is 0.259. The summed E-state index contributed by atoms with van der Waals surface area (Å²) < 4.78 is 37.8. The van der Waals surface area contributed by atoms with Crippen LogP contribution in [-0.2, 0) is 11.2 Å². The molecule has 2 aromatic rings. The summed E-state index contributed by atoms with van der Waals surface area (Å²) in [5, 5.41) is 7.92. The Kier molecular flexibility index (Phi) is 9.81. The van der Waals surface area contributed by atoms with Gasteiger partial charge in [-0.05, 0) is 55.7 Å². The zero-order chi connectivity index (χ0) is 30.6. The molecule has 1 unspecified atom stereocenters. The second-order valence-electron chi connectivity index (χ2n) is 10.8. The SMILES string of the molecule is C=CC(=C)c1sc(C2CCN(C(=O)CN=C(C)CC(=N)C(F)(F)F)CC2)nc1C(=O)N(C)C1CCCc2ccccc21. The van der Waals surface area contributed by atoms with E-state index in [1.165, 1.54) is 29.4 Å². The number of thiazole rings is 1. The maximum absolute atomic E-state index is 13.8. The van der Waals surface area contributed by atoms with Gasteiger partial charge in [0, 0.05) is 38.2 Å². The van der Waals surface area contributed by atoms with Gasteiger partial charge >= 0.3 is 6.18 Å². The van der Waals surface area contributed by atoms with Crippen molar-refractivity contribution < 1.29 is 22.8 Å². The van der Waals surface area contributed by atoms with Crippen molar-refractivity contribution in [2.45, 2.75) is 63.6 Å². The van der Waals surface area contributed by atoms with E-state index in [2.05, 4.69) is 30.3 Å². The van der Waals surface area contributed by atoms with Crippen LogP contribution in [0.25, 0.3) is 5.57 Å². The van der Waals surface area contributed by atoms with Gasteiger partial charge in [0.15, 0.2) is 0 Å². The van der Waals surface area contributed by atoms with Crippen molar-refractivity contribution in [2.75, 3.05) is 26.7 Å². The molecule has 1 saturated heterocycles. The summed E-state index contributed by atoms with van der Waals surface area (Å²) in [5.74, 6) is -0.372. The highest BCUT2D eigenvalue weighted by Gasteiger charge is 2.35. The predicted octanol–water partition coefficient (Wildman–Crippen LogP) is 6.63. The number of carbonyl (C=O) groups is 2. The van der Waals surface area contributed by atoms with Crippen molar-refractivity contribution in [1.82, 2.24) is 14.8 Å². The third-order valence-electron chi connectivity index (χ3n) is 7.97. The van der Waals surface area contributed by atoms with Gasteiger partial charge in [-0.15, -0.1) is 11.3 Å². The maximum atomic E-state index is 13.8. The number of halogens is 3. The Morgan fingerprint density at radius 3 is 2.60 bits per heavy atom. The average Bonchev–Trinajstić information content (AvgIpc) is 3.43. The third kappa shape index (κ3) is 7.06. The van der Waals surface area contributed by atoms with Crippen LogP contribution in [0.1, 0.15) is 82.5 Å². The summed E-state index contributed by atoms with van der Waals surface area (Å²) in [6.45, 7) is 9.98. The van der Waals surface area contributed by atoms with E-state index in [9.17, 15) is 22.8 Å². The highest BCUT2D eigenvalue weighted by molar-refractivity contribution is 7.13. The fraction of sp³-hybridized carbons (Fsp3) is 0.452. The first kappa shape index (κ1) is 31.3. The van der Waals surface area contributed by atoms with Crippen molar-refractivity contribution in [2.24, 2.45) is 4.99 Å². The first-order valence-electron chi connectivity index (χ1n) is 14.0. The Morgan fingerprint density at radius 1 is 1.24 bits per heavy atom. The summed E-state index contributed by atoms with van der Waals surface area (Å²) >= 11 is 1.44. The number of allylic oxidation sites excluding steroid dienone is 2. The molecule has 1 aliphatic heterocycles. The Morgan fingerprint density at radius 2 is 1.93 bits per heavy atom. The minimum atomic E-state index is -4.70. The third-order valence-corrected chi connectivity index (χ3v) is 9.26. The van der Waals surface area contributed by atoms with Crippen molar-refractivity contribution >= 4 is 40.1 Å². The monoisotopic (exact) mass is 599 g/mol. The van der Waals surface area contributed by atoms with Crippen LogP contribution in [0.3, 0.4) is 0 Å². The summed E-state index contributed by atoms with van der Waals surface area (Å²) in [6, 6.07) is 8.22. The molecule has 1 aromatic heterocycles. The zero-order valence-corrected chi connectivity index (χ0v) is 24.8. The standard InChI is InChI=1S/C31H36F3N5O2S/c1-5-19(2)28-27(30(41)38(4)24-12-8-10-21-9-6-7-11-23(21)24)37-29(42-28)22-13-15-39(16-14-22)26(40)18-36-20(3)17-25(35)31(32,33)34/h5-7,9,11,22,24,35H,1-2,8,10,12-18H2,3-4H3. The molecule has 0 spiro atoms. The number of hydrogen-bond donors (Lipinski definition) is 1. The molecule has 224 valence electrons. The van der Waals surface area contributed by atoms with Gasteiger partial charge in [-0.1, -0.05) is 43.5 Å². The number of hydrogen-bond acceptors (Lipinski definition) is 6. The normalized spacial score (nSPS) is 17.9. The van der Waals surface area contributed by atoms with E-state index in [1.807, 2.05) is 19.2 Å². The Labute approximate surface area is 248 Å². The van der Waals surface area contributed by atoms with E-state index < -0.39 is 18.3 Å². The number of benzene rings is 1. The molecule has 11 heteroatoms. The van der Waals surface area contributed by atoms with E-state index in [0.29, 0.717) is 42.1 Å². The number of nitrogens with zero attached hydrogens (tertiary/aromatic N) is 4. The smallest absolute Gasteiger partial charge is 0.341 e. The zero-order valence-electron chi connectivity index (χ0n) is 24.0. The minimum Gasteiger partial charge on any atom is -0.341 e. The Bertz CT molecular complexity index is 1410. The fourth-order valence-electron chi connectivity index (χ4n) is 5.50. The van der Waals surface area contributed by atoms with Gasteiger partial charge < -0.3 is 15.2 Å². The van der Waals surface area contributed by atoms with Crippen LogP contribution in [0, 0.1) is 5.41 Å². The second kappa shape index (κ2) is 13.1. The van der Waals surface area contributed by atoms with Crippen LogP contribution in [0.5, 0.6) is 0 Å². The van der Waals surface area contributed by atoms with E-state index >= 15 is 0 Å². The van der Waals surface area contributed by atoms with Gasteiger partial charge in [-0.3, -0.25) is 14.6 Å². The Hall–Kier alpha value is -3.60. The molecule has 2 heterocycles. The van der Waals surface area contributed by atoms with Gasteiger partial charge in [-0.2, -0.15) is 13.2 Å². The molecule has 0 radical (unpaired) electrons. The summed E-state index contributed by atoms with van der Waals surface area (Å²) in [5.41, 5.74) is 2.17. The molecule has 1 fully saturated rings. The maximum Gasteiger partial charge on any atom is 0.429 e. The summed E-state index contributed by atoms with van der Waals surface area (Å²) in [7, 11) is 1.83. The summed E-state index contributed by atoms with van der Waals surface area (Å²) in [4.78, 5) is 39.5. The molecule has 0 bridgehead atoms. The summed E-state index contributed by atoms with van der Waals surface area (Å²) in [6.07, 6.45) is 0.471. The first-order chi connectivity index (χ1) is 19.9. The number of carbonyl (C=O) groups excluding carboxylic acids is 2. The van der Waals surface area contributed by atoms with E-state index in [1.54, 1.807) is 15.9 Å². The van der Waals surface area contributed by atoms with Crippen LogP contribution in [0.2, 0.25) is 0 Å². The average molecular weight is 600 g/mol. The lowest BCUT2D eigenvalue weighted by Gasteiger charge is -2.33. The molecule has 1 aromatic carbocycles. The first-order valence-corrected chi connectivity index (χ1v) is 14.8. The molecule has 0 saturated carbocycles. The van der Waals surface area contributed by atoms with E-state index in [-0.39, 0.29) is 36.0 Å². The fourth-order valence-corrected chi connectivity index (χ4v) is 6.69. The molecule has 4 rings (SSSR count). The Balaban J connectivity index is 1.43. The number of aliphatic imine (C=N–C) groups is 1. The van der Waals surface area contributed by atoms with Crippen molar-refractivity contribution in [1.29, 1.82) is 5.41 Å². The number of amides is 2. The largest absolute Gasteiger partial charge is 0.429 e. The molecule has 2 aliphatic rings. The number of alkyl halides is 3. The van der Waals surface area contributed by atoms with Crippen molar-refractivity contribution in [3.05, 3.63) is 70.2 Å². The molecule has 42 heavy (non-hydrogen) atoms. The number of rotatable bonds is 9. The lowest BCUT2D eigenvalue weighted by atomic mass is 9.87. The van der Waals surface area contributed by atoms with Crippen LogP contribution in [0.15, 0.2) is 48.5 Å². The highest BCUT2D eigenvalue weighted by Crippen LogP contribution is 2.38. The molecule has 7 nitrogen and oxygen atoms in total. The van der Waals surface area contributed by atoms with E-state index in [0.717, 1.165) is 24.3 Å². The lowest BCUT2D eigenvalue weighted by Crippen LogP contribution is -2.39. The van der Waals surface area contributed by atoms with Crippen molar-refractivity contribution in [3.63, 3.8) is 0 Å². The molecule has 2 amide bonds. The number of likely N-dealkylation sites (tertiary alicyclic amines) is 1. The van der Waals surface area contributed by atoms with Crippen LogP contribution >= 0.6 is 11.3 Å². The predicted molar refractivity (Wildman–Crippen MR) is 160 cm³/mol. The lowest BCUT2D eigenvalue weighted by molar-refractivity contribution is -0.130. The van der Waals surface area contributed by atoms with Gasteiger partial charge in [0.25, 0.3) is 5.91 Å². The van der Waals surface area contributed by atoms with Gasteiger partial charge in [0.2, 0.25) is 5.91 Å². The second-order valence-corrected chi connectivity index (χ2v) is 11.9. The number of aryl methyl sites for hydroxylation is 1.